The SMILES string of the molecule is Cc1nc(COc2cccc(C(=O)Nc3ccn[nH]3)c2)cs1. The number of benzene rings is 1. The molecule has 0 bridgehead atoms. The van der Waals surface area contributed by atoms with Crippen LogP contribution in [0.3, 0.4) is 0 Å². The number of carbonyl (C=O) groups is 1. The van der Waals surface area contributed by atoms with Crippen LogP contribution in [0.15, 0.2) is 41.9 Å². The second kappa shape index (κ2) is 6.40. The number of nitrogens with zero attached hydrogens (tertiary/aromatic N) is 2. The molecule has 112 valence electrons. The van der Waals surface area contributed by atoms with Gasteiger partial charge in [0, 0.05) is 17.0 Å². The molecule has 2 N–H and O–H groups in total. The molecule has 22 heavy (non-hydrogen) atoms. The molecule has 2 aromatic heterocycles. The standard InChI is InChI=1S/C15H14N4O2S/c1-10-17-12(9-22-10)8-21-13-4-2-3-11(7-13)15(20)18-14-5-6-16-19-14/h2-7,9H,8H2,1H3,(H2,16,18,19,20). The summed E-state index contributed by atoms with van der Waals surface area (Å²) in [5.41, 5.74) is 1.40. The zero-order valence-electron chi connectivity index (χ0n) is 11.9. The van der Waals surface area contributed by atoms with E-state index in [0.717, 1.165) is 10.7 Å². The minimum absolute atomic E-state index is 0.223. The highest BCUT2D eigenvalue weighted by atomic mass is 32.1. The summed E-state index contributed by atoms with van der Waals surface area (Å²) in [5.74, 6) is 0.955. The van der Waals surface area contributed by atoms with Crippen LogP contribution in [-0.4, -0.2) is 21.1 Å². The molecule has 3 rings (SSSR count). The van der Waals surface area contributed by atoms with Crippen LogP contribution in [0.2, 0.25) is 0 Å². The normalized spacial score (nSPS) is 10.4. The van der Waals surface area contributed by atoms with E-state index in [1.807, 2.05) is 18.4 Å². The van der Waals surface area contributed by atoms with Gasteiger partial charge in [0.2, 0.25) is 0 Å². The van der Waals surface area contributed by atoms with Gasteiger partial charge in [-0.1, -0.05) is 6.07 Å². The van der Waals surface area contributed by atoms with Crippen LogP contribution in [-0.2, 0) is 6.61 Å². The molecule has 3 aromatic rings. The van der Waals surface area contributed by atoms with E-state index < -0.39 is 0 Å². The molecule has 0 radical (unpaired) electrons. The lowest BCUT2D eigenvalue weighted by molar-refractivity contribution is 0.102. The van der Waals surface area contributed by atoms with Crippen LogP contribution >= 0.6 is 11.3 Å². The first kappa shape index (κ1) is 14.3. The number of rotatable bonds is 5. The van der Waals surface area contributed by atoms with Gasteiger partial charge in [-0.25, -0.2) is 4.98 Å². The quantitative estimate of drug-likeness (QED) is 0.758. The highest BCUT2D eigenvalue weighted by Crippen LogP contribution is 2.17. The second-order valence-corrected chi connectivity index (χ2v) is 5.66. The van der Waals surface area contributed by atoms with Gasteiger partial charge in [-0.2, -0.15) is 5.10 Å². The van der Waals surface area contributed by atoms with Gasteiger partial charge in [-0.15, -0.1) is 11.3 Å². The Hall–Kier alpha value is -2.67. The topological polar surface area (TPSA) is 79.9 Å². The number of carbonyl (C=O) groups excluding carboxylic acids is 1. The Morgan fingerprint density at radius 1 is 1.41 bits per heavy atom. The number of aromatic amines is 1. The molecule has 2 heterocycles. The molecule has 0 saturated carbocycles. The fourth-order valence-electron chi connectivity index (χ4n) is 1.88. The Balaban J connectivity index is 1.65. The van der Waals surface area contributed by atoms with Crippen molar-refractivity contribution in [3.8, 4) is 5.75 Å². The van der Waals surface area contributed by atoms with E-state index in [1.54, 1.807) is 41.8 Å². The molecule has 0 spiro atoms. The number of hydrogen-bond donors (Lipinski definition) is 2. The van der Waals surface area contributed by atoms with Crippen molar-refractivity contribution in [2.45, 2.75) is 13.5 Å². The van der Waals surface area contributed by atoms with Crippen LogP contribution < -0.4 is 10.1 Å². The predicted molar refractivity (Wildman–Crippen MR) is 84.2 cm³/mol. The van der Waals surface area contributed by atoms with Crippen molar-refractivity contribution in [1.29, 1.82) is 0 Å². The van der Waals surface area contributed by atoms with Gasteiger partial charge in [0.25, 0.3) is 5.91 Å². The summed E-state index contributed by atoms with van der Waals surface area (Å²) in [7, 11) is 0. The molecule has 0 aliphatic heterocycles. The van der Waals surface area contributed by atoms with Crippen molar-refractivity contribution < 1.29 is 9.53 Å². The Morgan fingerprint density at radius 2 is 2.32 bits per heavy atom. The molecule has 0 unspecified atom stereocenters. The zero-order valence-corrected chi connectivity index (χ0v) is 12.7. The van der Waals surface area contributed by atoms with E-state index in [1.165, 1.54) is 0 Å². The molecule has 1 amide bonds. The number of amides is 1. The number of aryl methyl sites for hydroxylation is 1. The number of aromatic nitrogens is 3. The number of anilines is 1. The van der Waals surface area contributed by atoms with Crippen molar-refractivity contribution >= 4 is 23.1 Å². The molecule has 0 atom stereocenters. The Morgan fingerprint density at radius 3 is 3.05 bits per heavy atom. The van der Waals surface area contributed by atoms with Gasteiger partial charge in [-0.3, -0.25) is 9.89 Å². The van der Waals surface area contributed by atoms with Crippen LogP contribution in [0.4, 0.5) is 5.82 Å². The number of ether oxygens (including phenoxy) is 1. The molecule has 6 nitrogen and oxygen atoms in total. The lowest BCUT2D eigenvalue weighted by Crippen LogP contribution is -2.12. The Labute approximate surface area is 131 Å². The van der Waals surface area contributed by atoms with Crippen molar-refractivity contribution in [3.63, 3.8) is 0 Å². The monoisotopic (exact) mass is 314 g/mol. The van der Waals surface area contributed by atoms with Crippen LogP contribution in [0, 0.1) is 6.92 Å². The lowest BCUT2D eigenvalue weighted by Gasteiger charge is -2.07. The van der Waals surface area contributed by atoms with Gasteiger partial charge >= 0.3 is 0 Å². The molecular formula is C15H14N4O2S. The zero-order chi connectivity index (χ0) is 15.4. The lowest BCUT2D eigenvalue weighted by atomic mass is 10.2. The third-order valence-electron chi connectivity index (χ3n) is 2.90. The summed E-state index contributed by atoms with van der Waals surface area (Å²) in [6.45, 7) is 2.34. The maximum absolute atomic E-state index is 12.1. The van der Waals surface area contributed by atoms with Gasteiger partial charge < -0.3 is 10.1 Å². The maximum Gasteiger partial charge on any atom is 0.256 e. The molecule has 0 aliphatic rings. The molecule has 0 fully saturated rings. The van der Waals surface area contributed by atoms with Gasteiger partial charge in [0.1, 0.15) is 18.2 Å². The first-order valence-corrected chi connectivity index (χ1v) is 7.53. The number of H-pyrrole nitrogens is 1. The van der Waals surface area contributed by atoms with E-state index in [9.17, 15) is 4.79 Å². The van der Waals surface area contributed by atoms with Crippen LogP contribution in [0.25, 0.3) is 0 Å². The van der Waals surface area contributed by atoms with Gasteiger partial charge in [-0.05, 0) is 25.1 Å². The minimum Gasteiger partial charge on any atom is -0.487 e. The number of hydrogen-bond acceptors (Lipinski definition) is 5. The molecule has 1 aromatic carbocycles. The molecule has 0 saturated heterocycles. The van der Waals surface area contributed by atoms with E-state index in [4.69, 9.17) is 4.74 Å². The minimum atomic E-state index is -0.223. The second-order valence-electron chi connectivity index (χ2n) is 4.60. The van der Waals surface area contributed by atoms with Crippen molar-refractivity contribution in [1.82, 2.24) is 15.2 Å². The summed E-state index contributed by atoms with van der Waals surface area (Å²) in [5, 5.41) is 12.1. The summed E-state index contributed by atoms with van der Waals surface area (Å²) >= 11 is 1.59. The van der Waals surface area contributed by atoms with Crippen molar-refractivity contribution in [2.75, 3.05) is 5.32 Å². The molecule has 7 heteroatoms. The fourth-order valence-corrected chi connectivity index (χ4v) is 2.48. The predicted octanol–water partition coefficient (Wildman–Crippen LogP) is 3.01. The average Bonchev–Trinajstić information content (AvgIpc) is 3.17. The van der Waals surface area contributed by atoms with Gasteiger partial charge in [0.05, 0.1) is 16.9 Å². The first-order chi connectivity index (χ1) is 10.7. The smallest absolute Gasteiger partial charge is 0.256 e. The summed E-state index contributed by atoms with van der Waals surface area (Å²) in [4.78, 5) is 16.5. The van der Waals surface area contributed by atoms with E-state index >= 15 is 0 Å². The molecule has 0 aliphatic carbocycles. The van der Waals surface area contributed by atoms with Gasteiger partial charge in [0.15, 0.2) is 0 Å². The van der Waals surface area contributed by atoms with E-state index in [0.29, 0.717) is 23.7 Å². The third-order valence-corrected chi connectivity index (χ3v) is 3.72. The summed E-state index contributed by atoms with van der Waals surface area (Å²) < 4.78 is 5.68. The number of nitrogens with one attached hydrogen (secondary N) is 2. The summed E-state index contributed by atoms with van der Waals surface area (Å²) in [6, 6.07) is 8.70. The Kier molecular flexibility index (Phi) is 4.15. The maximum atomic E-state index is 12.1. The number of thiazole rings is 1. The first-order valence-electron chi connectivity index (χ1n) is 6.65. The summed E-state index contributed by atoms with van der Waals surface area (Å²) in [6.07, 6.45) is 1.57. The van der Waals surface area contributed by atoms with Crippen LogP contribution in [0.5, 0.6) is 5.75 Å². The highest BCUT2D eigenvalue weighted by Gasteiger charge is 2.08. The van der Waals surface area contributed by atoms with Crippen molar-refractivity contribution in [3.05, 3.63) is 58.2 Å². The molecular weight excluding hydrogens is 300 g/mol. The third kappa shape index (κ3) is 3.50. The van der Waals surface area contributed by atoms with Crippen LogP contribution in [0.1, 0.15) is 21.1 Å². The highest BCUT2D eigenvalue weighted by molar-refractivity contribution is 7.09. The van der Waals surface area contributed by atoms with E-state index in [-0.39, 0.29) is 5.91 Å². The Bertz CT molecular complexity index is 767. The largest absolute Gasteiger partial charge is 0.487 e. The average molecular weight is 314 g/mol. The fraction of sp³-hybridized carbons (Fsp3) is 0.133. The van der Waals surface area contributed by atoms with E-state index in [2.05, 4.69) is 20.5 Å². The van der Waals surface area contributed by atoms with Crippen molar-refractivity contribution in [2.24, 2.45) is 0 Å².